The molecule has 1 heterocycles. The first-order chi connectivity index (χ1) is 4.20. The second-order valence-electron chi connectivity index (χ2n) is 2.67. The van der Waals surface area contributed by atoms with Gasteiger partial charge in [-0.05, 0) is 12.0 Å². The molecule has 52 valence electrons. The molecule has 2 heteroatoms. The Kier molecular flexibility index (Phi) is 1.74. The van der Waals surface area contributed by atoms with Crippen molar-refractivity contribution in [2.24, 2.45) is 5.92 Å². The molecule has 0 radical (unpaired) electrons. The van der Waals surface area contributed by atoms with Crippen LogP contribution in [-0.4, -0.2) is 12.7 Å². The maximum absolute atomic E-state index is 12.4. The van der Waals surface area contributed by atoms with Gasteiger partial charge in [-0.25, -0.2) is 4.39 Å². The molecule has 1 unspecified atom stereocenters. The molecule has 1 aliphatic rings. The number of allylic oxidation sites excluding steroid dienone is 1. The number of alkyl halides is 1. The van der Waals surface area contributed by atoms with E-state index in [-0.39, 0.29) is 0 Å². The largest absolute Gasteiger partial charge is 0.385 e. The van der Waals surface area contributed by atoms with Gasteiger partial charge in [0.1, 0.15) is 6.17 Å². The summed E-state index contributed by atoms with van der Waals surface area (Å²) in [7, 11) is 0. The van der Waals surface area contributed by atoms with Gasteiger partial charge in [0.25, 0.3) is 0 Å². The number of nitrogens with one attached hydrogen (secondary N) is 1. The molecule has 0 fully saturated rings. The fourth-order valence-corrected chi connectivity index (χ4v) is 0.925. The average molecular weight is 129 g/mol. The molecule has 0 saturated carbocycles. The summed E-state index contributed by atoms with van der Waals surface area (Å²) in [6, 6.07) is 0. The third-order valence-electron chi connectivity index (χ3n) is 1.48. The molecular formula is C7H12FN. The number of halogens is 1. The zero-order valence-electron chi connectivity index (χ0n) is 5.82. The van der Waals surface area contributed by atoms with Gasteiger partial charge in [0.05, 0.1) is 0 Å². The summed E-state index contributed by atoms with van der Waals surface area (Å²) in [5.41, 5.74) is 1.04. The summed E-state index contributed by atoms with van der Waals surface area (Å²) in [6.45, 7) is 4.57. The van der Waals surface area contributed by atoms with Gasteiger partial charge in [-0.1, -0.05) is 13.8 Å². The van der Waals surface area contributed by atoms with Crippen LogP contribution in [0.2, 0.25) is 0 Å². The van der Waals surface area contributed by atoms with E-state index in [1.54, 1.807) is 6.08 Å². The molecule has 1 aliphatic heterocycles. The summed E-state index contributed by atoms with van der Waals surface area (Å²) < 4.78 is 12.4. The summed E-state index contributed by atoms with van der Waals surface area (Å²) in [6.07, 6.45) is 0.896. The number of hydrogen-bond acceptors (Lipinski definition) is 1. The van der Waals surface area contributed by atoms with Crippen molar-refractivity contribution in [3.05, 3.63) is 11.8 Å². The zero-order valence-corrected chi connectivity index (χ0v) is 5.82. The smallest absolute Gasteiger partial charge is 0.137 e. The van der Waals surface area contributed by atoms with Gasteiger partial charge in [-0.15, -0.1) is 0 Å². The molecule has 1 N–H and O–H groups in total. The maximum Gasteiger partial charge on any atom is 0.137 e. The van der Waals surface area contributed by atoms with Crippen molar-refractivity contribution in [3.8, 4) is 0 Å². The monoisotopic (exact) mass is 129 g/mol. The second kappa shape index (κ2) is 2.38. The topological polar surface area (TPSA) is 12.0 Å². The third kappa shape index (κ3) is 1.44. The predicted molar refractivity (Wildman–Crippen MR) is 35.8 cm³/mol. The van der Waals surface area contributed by atoms with Gasteiger partial charge in [-0.3, -0.25) is 0 Å². The van der Waals surface area contributed by atoms with Crippen molar-refractivity contribution >= 4 is 0 Å². The van der Waals surface area contributed by atoms with Crippen LogP contribution in [0.3, 0.4) is 0 Å². The number of hydrogen-bond donors (Lipinski definition) is 1. The summed E-state index contributed by atoms with van der Waals surface area (Å²) in [4.78, 5) is 0. The van der Waals surface area contributed by atoms with Crippen LogP contribution < -0.4 is 5.32 Å². The van der Waals surface area contributed by atoms with Crippen LogP contribution in [-0.2, 0) is 0 Å². The minimum Gasteiger partial charge on any atom is -0.385 e. The van der Waals surface area contributed by atoms with Gasteiger partial charge in [-0.2, -0.15) is 0 Å². The number of rotatable bonds is 1. The molecular weight excluding hydrogens is 117 g/mol. The predicted octanol–water partition coefficient (Wildman–Crippen LogP) is 1.47. The van der Waals surface area contributed by atoms with Gasteiger partial charge in [0, 0.05) is 12.2 Å². The molecule has 1 rings (SSSR count). The van der Waals surface area contributed by atoms with Crippen molar-refractivity contribution in [2.45, 2.75) is 20.0 Å². The van der Waals surface area contributed by atoms with Gasteiger partial charge in [0.15, 0.2) is 0 Å². The van der Waals surface area contributed by atoms with Crippen LogP contribution in [0.25, 0.3) is 0 Å². The molecule has 1 atom stereocenters. The van der Waals surface area contributed by atoms with Crippen LogP contribution in [0.15, 0.2) is 11.8 Å². The molecule has 0 bridgehead atoms. The van der Waals surface area contributed by atoms with Crippen LogP contribution >= 0.6 is 0 Å². The lowest BCUT2D eigenvalue weighted by molar-refractivity contribution is 0.410. The first-order valence-corrected chi connectivity index (χ1v) is 3.30. The average Bonchev–Trinajstić information content (AvgIpc) is 2.14. The third-order valence-corrected chi connectivity index (χ3v) is 1.48. The molecule has 0 aromatic heterocycles. The highest BCUT2D eigenvalue weighted by molar-refractivity contribution is 5.12. The van der Waals surface area contributed by atoms with E-state index in [0.717, 1.165) is 5.70 Å². The first kappa shape index (κ1) is 6.59. The minimum atomic E-state index is -0.762. The van der Waals surface area contributed by atoms with Crippen molar-refractivity contribution in [1.82, 2.24) is 5.32 Å². The highest BCUT2D eigenvalue weighted by Crippen LogP contribution is 2.13. The van der Waals surface area contributed by atoms with E-state index in [4.69, 9.17) is 0 Å². The molecule has 0 aliphatic carbocycles. The van der Waals surface area contributed by atoms with E-state index in [1.807, 2.05) is 0 Å². The van der Waals surface area contributed by atoms with E-state index < -0.39 is 6.17 Å². The van der Waals surface area contributed by atoms with Crippen molar-refractivity contribution < 1.29 is 4.39 Å². The minimum absolute atomic E-state index is 0.436. The first-order valence-electron chi connectivity index (χ1n) is 3.30. The van der Waals surface area contributed by atoms with Crippen LogP contribution in [0.1, 0.15) is 13.8 Å². The van der Waals surface area contributed by atoms with Gasteiger partial charge >= 0.3 is 0 Å². The molecule has 0 aromatic rings. The Labute approximate surface area is 54.9 Å². The van der Waals surface area contributed by atoms with E-state index in [9.17, 15) is 4.39 Å². The van der Waals surface area contributed by atoms with Gasteiger partial charge < -0.3 is 5.32 Å². The van der Waals surface area contributed by atoms with E-state index in [2.05, 4.69) is 19.2 Å². The normalized spacial score (nSPS) is 26.2. The van der Waals surface area contributed by atoms with Crippen LogP contribution in [0.5, 0.6) is 0 Å². The van der Waals surface area contributed by atoms with Crippen molar-refractivity contribution in [2.75, 3.05) is 6.54 Å². The molecule has 0 amide bonds. The van der Waals surface area contributed by atoms with Crippen LogP contribution in [0, 0.1) is 5.92 Å². The van der Waals surface area contributed by atoms with Gasteiger partial charge in [0.2, 0.25) is 0 Å². The summed E-state index contributed by atoms with van der Waals surface area (Å²) in [5.74, 6) is 0.436. The molecule has 9 heavy (non-hydrogen) atoms. The Morgan fingerprint density at radius 2 is 2.44 bits per heavy atom. The maximum atomic E-state index is 12.4. The Hall–Kier alpha value is -0.530. The SMILES string of the molecule is CC(C)C1=CC(F)CN1. The highest BCUT2D eigenvalue weighted by Gasteiger charge is 2.14. The standard InChI is InChI=1S/C7H12FN/c1-5(2)7-3-6(8)4-9-7/h3,5-6,9H,4H2,1-2H3. The lowest BCUT2D eigenvalue weighted by Crippen LogP contribution is -2.14. The Balaban J connectivity index is 2.52. The fourth-order valence-electron chi connectivity index (χ4n) is 0.925. The Bertz CT molecular complexity index is 129. The van der Waals surface area contributed by atoms with E-state index >= 15 is 0 Å². The second-order valence-corrected chi connectivity index (χ2v) is 2.67. The highest BCUT2D eigenvalue weighted by atomic mass is 19.1. The Morgan fingerprint density at radius 3 is 2.67 bits per heavy atom. The van der Waals surface area contributed by atoms with Crippen molar-refractivity contribution in [3.63, 3.8) is 0 Å². The molecule has 0 saturated heterocycles. The zero-order chi connectivity index (χ0) is 6.85. The van der Waals surface area contributed by atoms with E-state index in [1.165, 1.54) is 0 Å². The fraction of sp³-hybridized carbons (Fsp3) is 0.714. The lowest BCUT2D eigenvalue weighted by Gasteiger charge is -2.05. The summed E-state index contributed by atoms with van der Waals surface area (Å²) in [5, 5.41) is 2.99. The molecule has 0 aromatic carbocycles. The van der Waals surface area contributed by atoms with Crippen LogP contribution in [0.4, 0.5) is 4.39 Å². The lowest BCUT2D eigenvalue weighted by atomic mass is 10.1. The van der Waals surface area contributed by atoms with Crippen molar-refractivity contribution in [1.29, 1.82) is 0 Å². The summed E-state index contributed by atoms with van der Waals surface area (Å²) >= 11 is 0. The molecule has 0 spiro atoms. The Morgan fingerprint density at radius 1 is 1.78 bits per heavy atom. The van der Waals surface area contributed by atoms with E-state index in [0.29, 0.717) is 12.5 Å². The quantitative estimate of drug-likeness (QED) is 0.565. The molecule has 1 nitrogen and oxygen atoms in total.